The minimum Gasteiger partial charge on any atom is -0.492 e. The van der Waals surface area contributed by atoms with Gasteiger partial charge in [-0.05, 0) is 42.5 Å². The number of benzene rings is 1. The van der Waals surface area contributed by atoms with E-state index in [9.17, 15) is 9.59 Å². The number of morpholine rings is 1. The zero-order chi connectivity index (χ0) is 18.4. The van der Waals surface area contributed by atoms with Crippen molar-refractivity contribution in [2.45, 2.75) is 6.42 Å². The highest BCUT2D eigenvalue weighted by Gasteiger charge is 2.59. The molecule has 7 heteroatoms. The standard InChI is InChI=1S/C21H24N2O4.ClH/c24-20-18-14-1-2-15(13-14)19(18)21(25)23(20)16-3-5-17(6-4-16)27-12-9-22-7-10-26-11-8-22;/h1-6,14-15,18-19H,7-13H2;1H. The molecular formula is C21H25ClN2O4. The molecule has 2 saturated heterocycles. The van der Waals surface area contributed by atoms with Gasteiger partial charge in [0.25, 0.3) is 0 Å². The summed E-state index contributed by atoms with van der Waals surface area (Å²) in [5.74, 6) is 0.848. The molecule has 1 aromatic rings. The summed E-state index contributed by atoms with van der Waals surface area (Å²) in [5.41, 5.74) is 0.652. The summed E-state index contributed by atoms with van der Waals surface area (Å²) >= 11 is 0. The molecular weight excluding hydrogens is 380 g/mol. The van der Waals surface area contributed by atoms with E-state index in [-0.39, 0.29) is 47.9 Å². The average molecular weight is 405 g/mol. The number of hydrogen-bond donors (Lipinski definition) is 0. The van der Waals surface area contributed by atoms with Crippen LogP contribution in [0.3, 0.4) is 0 Å². The molecule has 2 aliphatic carbocycles. The van der Waals surface area contributed by atoms with Gasteiger partial charge in [0, 0.05) is 19.6 Å². The van der Waals surface area contributed by atoms with E-state index in [0.29, 0.717) is 12.3 Å². The van der Waals surface area contributed by atoms with Gasteiger partial charge in [0.1, 0.15) is 12.4 Å². The number of anilines is 1. The molecule has 150 valence electrons. The van der Waals surface area contributed by atoms with Gasteiger partial charge in [0.2, 0.25) is 11.8 Å². The van der Waals surface area contributed by atoms with Crippen molar-refractivity contribution >= 4 is 29.9 Å². The fourth-order valence-corrected chi connectivity index (χ4v) is 4.97. The van der Waals surface area contributed by atoms with Crippen LogP contribution in [0.4, 0.5) is 5.69 Å². The number of halogens is 1. The number of rotatable bonds is 5. The molecule has 3 fully saturated rings. The Morgan fingerprint density at radius 3 is 2.18 bits per heavy atom. The number of carbonyl (C=O) groups excluding carboxylic acids is 2. The fraction of sp³-hybridized carbons (Fsp3) is 0.524. The Morgan fingerprint density at radius 2 is 1.57 bits per heavy atom. The third kappa shape index (κ3) is 3.23. The highest BCUT2D eigenvalue weighted by atomic mass is 35.5. The van der Waals surface area contributed by atoms with Crippen LogP contribution in [0.1, 0.15) is 6.42 Å². The quantitative estimate of drug-likeness (QED) is 0.556. The smallest absolute Gasteiger partial charge is 0.238 e. The summed E-state index contributed by atoms with van der Waals surface area (Å²) in [6.45, 7) is 4.94. The van der Waals surface area contributed by atoms with E-state index < -0.39 is 0 Å². The average Bonchev–Trinajstić information content (AvgIpc) is 3.37. The van der Waals surface area contributed by atoms with Gasteiger partial charge in [-0.2, -0.15) is 0 Å². The van der Waals surface area contributed by atoms with Crippen LogP contribution in [0, 0.1) is 23.7 Å². The number of ether oxygens (including phenoxy) is 2. The number of carbonyl (C=O) groups is 2. The maximum atomic E-state index is 12.8. The van der Waals surface area contributed by atoms with Gasteiger partial charge in [-0.3, -0.25) is 19.4 Å². The van der Waals surface area contributed by atoms with Crippen molar-refractivity contribution in [1.82, 2.24) is 4.90 Å². The normalized spacial score (nSPS) is 31.2. The van der Waals surface area contributed by atoms with Crippen LogP contribution < -0.4 is 9.64 Å². The highest BCUT2D eigenvalue weighted by Crippen LogP contribution is 2.53. The van der Waals surface area contributed by atoms with E-state index in [1.165, 1.54) is 4.90 Å². The van der Waals surface area contributed by atoms with Crippen LogP contribution in [0.15, 0.2) is 36.4 Å². The van der Waals surface area contributed by atoms with E-state index in [2.05, 4.69) is 17.1 Å². The number of imide groups is 1. The molecule has 0 aromatic heterocycles. The zero-order valence-electron chi connectivity index (χ0n) is 15.7. The molecule has 4 aliphatic rings. The second-order valence-electron chi connectivity index (χ2n) is 7.81. The minimum absolute atomic E-state index is 0. The van der Waals surface area contributed by atoms with Crippen molar-refractivity contribution in [2.75, 3.05) is 44.4 Å². The Morgan fingerprint density at radius 1 is 0.964 bits per heavy atom. The maximum Gasteiger partial charge on any atom is 0.238 e. The fourth-order valence-electron chi connectivity index (χ4n) is 4.97. The van der Waals surface area contributed by atoms with Crippen molar-refractivity contribution in [3.05, 3.63) is 36.4 Å². The first-order valence-electron chi connectivity index (χ1n) is 9.81. The third-order valence-corrected chi connectivity index (χ3v) is 6.35. The van der Waals surface area contributed by atoms with Gasteiger partial charge in [0.15, 0.2) is 0 Å². The summed E-state index contributed by atoms with van der Waals surface area (Å²) in [7, 11) is 0. The van der Waals surface area contributed by atoms with Crippen molar-refractivity contribution in [3.8, 4) is 5.75 Å². The van der Waals surface area contributed by atoms with Crippen LogP contribution in [0.2, 0.25) is 0 Å². The molecule has 2 aliphatic heterocycles. The molecule has 0 radical (unpaired) electrons. The summed E-state index contributed by atoms with van der Waals surface area (Å²) in [6.07, 6.45) is 5.19. The summed E-state index contributed by atoms with van der Waals surface area (Å²) in [5, 5.41) is 0. The molecule has 0 N–H and O–H groups in total. The monoisotopic (exact) mass is 404 g/mol. The lowest BCUT2D eigenvalue weighted by Crippen LogP contribution is -2.38. The molecule has 2 bridgehead atoms. The summed E-state index contributed by atoms with van der Waals surface area (Å²) in [6, 6.07) is 7.32. The van der Waals surface area contributed by atoms with Crippen LogP contribution in [-0.2, 0) is 14.3 Å². The van der Waals surface area contributed by atoms with Crippen molar-refractivity contribution in [2.24, 2.45) is 23.7 Å². The molecule has 1 saturated carbocycles. The van der Waals surface area contributed by atoms with Crippen molar-refractivity contribution in [3.63, 3.8) is 0 Å². The van der Waals surface area contributed by atoms with Gasteiger partial charge >= 0.3 is 0 Å². The lowest BCUT2D eigenvalue weighted by atomic mass is 9.85. The van der Waals surface area contributed by atoms with Crippen LogP contribution in [-0.4, -0.2) is 56.2 Å². The topological polar surface area (TPSA) is 59.1 Å². The molecule has 28 heavy (non-hydrogen) atoms. The van der Waals surface area contributed by atoms with E-state index in [4.69, 9.17) is 9.47 Å². The summed E-state index contributed by atoms with van der Waals surface area (Å²) in [4.78, 5) is 29.4. The van der Waals surface area contributed by atoms with Crippen molar-refractivity contribution < 1.29 is 19.1 Å². The van der Waals surface area contributed by atoms with E-state index in [1.54, 1.807) is 0 Å². The first-order valence-corrected chi connectivity index (χ1v) is 9.81. The molecule has 4 atom stereocenters. The minimum atomic E-state index is -0.156. The number of nitrogens with zero attached hydrogens (tertiary/aromatic N) is 2. The second kappa shape index (κ2) is 7.85. The number of fused-ring (bicyclic) bond motifs is 5. The van der Waals surface area contributed by atoms with Gasteiger partial charge in [-0.25, -0.2) is 0 Å². The first-order chi connectivity index (χ1) is 13.2. The van der Waals surface area contributed by atoms with Gasteiger partial charge in [-0.15, -0.1) is 12.4 Å². The Bertz CT molecular complexity index is 745. The summed E-state index contributed by atoms with van der Waals surface area (Å²) < 4.78 is 11.2. The van der Waals surface area contributed by atoms with Crippen LogP contribution in [0.5, 0.6) is 5.75 Å². The zero-order valence-corrected chi connectivity index (χ0v) is 16.5. The largest absolute Gasteiger partial charge is 0.492 e. The molecule has 2 heterocycles. The van der Waals surface area contributed by atoms with E-state index >= 15 is 0 Å². The van der Waals surface area contributed by atoms with Gasteiger partial charge in [0.05, 0.1) is 30.7 Å². The highest BCUT2D eigenvalue weighted by molar-refractivity contribution is 6.22. The predicted octanol–water partition coefficient (Wildman–Crippen LogP) is 2.13. The van der Waals surface area contributed by atoms with Gasteiger partial charge < -0.3 is 9.47 Å². The lowest BCUT2D eigenvalue weighted by Gasteiger charge is -2.26. The number of allylic oxidation sites excluding steroid dienone is 2. The Labute approximate surface area is 170 Å². The van der Waals surface area contributed by atoms with Crippen LogP contribution >= 0.6 is 12.4 Å². The molecule has 6 nitrogen and oxygen atoms in total. The molecule has 5 rings (SSSR count). The van der Waals surface area contributed by atoms with E-state index in [1.807, 2.05) is 24.3 Å². The van der Waals surface area contributed by atoms with Crippen molar-refractivity contribution in [1.29, 1.82) is 0 Å². The second-order valence-corrected chi connectivity index (χ2v) is 7.81. The first kappa shape index (κ1) is 19.4. The molecule has 0 spiro atoms. The van der Waals surface area contributed by atoms with Gasteiger partial charge in [-0.1, -0.05) is 12.2 Å². The Kier molecular flexibility index (Phi) is 5.45. The third-order valence-electron chi connectivity index (χ3n) is 6.35. The predicted molar refractivity (Wildman–Crippen MR) is 107 cm³/mol. The number of amides is 2. The SMILES string of the molecule is Cl.O=C1C2C3C=CC(C3)C2C(=O)N1c1ccc(OCCN2CCOCC2)cc1. The lowest BCUT2D eigenvalue weighted by molar-refractivity contribution is -0.123. The molecule has 1 aromatic carbocycles. The maximum absolute atomic E-state index is 12.8. The Balaban J connectivity index is 0.00000192. The molecule has 4 unspecified atom stereocenters. The van der Waals surface area contributed by atoms with E-state index in [0.717, 1.165) is 45.0 Å². The Hall–Kier alpha value is -1.89. The molecule has 2 amide bonds. The number of hydrogen-bond acceptors (Lipinski definition) is 5. The van der Waals surface area contributed by atoms with Crippen LogP contribution in [0.25, 0.3) is 0 Å².